The van der Waals surface area contributed by atoms with E-state index >= 15 is 0 Å². The molecule has 4 nitrogen and oxygen atoms in total. The quantitative estimate of drug-likeness (QED) is 0.878. The molecule has 0 aromatic carbocycles. The molecule has 2 heterocycles. The summed E-state index contributed by atoms with van der Waals surface area (Å²) in [5.41, 5.74) is 0. The van der Waals surface area contributed by atoms with E-state index in [-0.39, 0.29) is 18.2 Å². The van der Waals surface area contributed by atoms with E-state index in [9.17, 15) is 9.59 Å². The van der Waals surface area contributed by atoms with E-state index in [1.807, 2.05) is 11.0 Å². The SMILES string of the molecule is O=C(O)CC1CCCN(C(=O)CCCc2cccs2)C1. The van der Waals surface area contributed by atoms with Crippen LogP contribution in [0.5, 0.6) is 0 Å². The van der Waals surface area contributed by atoms with Gasteiger partial charge >= 0.3 is 5.97 Å². The minimum atomic E-state index is -0.762. The van der Waals surface area contributed by atoms with E-state index in [4.69, 9.17) is 5.11 Å². The van der Waals surface area contributed by atoms with Crippen molar-refractivity contribution < 1.29 is 14.7 Å². The number of hydrogen-bond donors (Lipinski definition) is 1. The normalized spacial score (nSPS) is 19.0. The van der Waals surface area contributed by atoms with Crippen LogP contribution >= 0.6 is 11.3 Å². The number of likely N-dealkylation sites (tertiary alicyclic amines) is 1. The Bertz CT molecular complexity index is 444. The monoisotopic (exact) mass is 295 g/mol. The smallest absolute Gasteiger partial charge is 0.303 e. The molecule has 5 heteroatoms. The van der Waals surface area contributed by atoms with Gasteiger partial charge in [-0.3, -0.25) is 9.59 Å². The minimum absolute atomic E-state index is 0.127. The summed E-state index contributed by atoms with van der Waals surface area (Å²) in [4.78, 5) is 26.1. The molecule has 0 bridgehead atoms. The van der Waals surface area contributed by atoms with Gasteiger partial charge in [0.25, 0.3) is 0 Å². The summed E-state index contributed by atoms with van der Waals surface area (Å²) in [6.45, 7) is 1.40. The number of hydrogen-bond acceptors (Lipinski definition) is 3. The van der Waals surface area contributed by atoms with Crippen molar-refractivity contribution in [2.45, 2.75) is 38.5 Å². The van der Waals surface area contributed by atoms with E-state index in [0.717, 1.165) is 32.2 Å². The molecule has 1 saturated heterocycles. The Hall–Kier alpha value is -1.36. The molecule has 0 spiro atoms. The molecule has 0 radical (unpaired) electrons. The number of aryl methyl sites for hydroxylation is 1. The van der Waals surface area contributed by atoms with E-state index in [1.54, 1.807) is 11.3 Å². The van der Waals surface area contributed by atoms with Gasteiger partial charge in [-0.15, -0.1) is 11.3 Å². The van der Waals surface area contributed by atoms with Crippen LogP contribution in [-0.4, -0.2) is 35.0 Å². The summed E-state index contributed by atoms with van der Waals surface area (Å²) < 4.78 is 0. The molecule has 1 amide bonds. The van der Waals surface area contributed by atoms with Crippen LogP contribution in [-0.2, 0) is 16.0 Å². The molecule has 0 aliphatic carbocycles. The summed E-state index contributed by atoms with van der Waals surface area (Å²) in [6.07, 6.45) is 4.42. The van der Waals surface area contributed by atoms with Crippen LogP contribution in [0.15, 0.2) is 17.5 Å². The lowest BCUT2D eigenvalue weighted by atomic mass is 9.94. The lowest BCUT2D eigenvalue weighted by Crippen LogP contribution is -2.40. The zero-order valence-electron chi connectivity index (χ0n) is 11.6. The number of amides is 1. The Morgan fingerprint density at radius 2 is 2.30 bits per heavy atom. The number of aliphatic carboxylic acids is 1. The Kier molecular flexibility index (Phi) is 5.59. The molecule has 110 valence electrons. The van der Waals surface area contributed by atoms with Crippen LogP contribution in [0.25, 0.3) is 0 Å². The molecule has 2 rings (SSSR count). The van der Waals surface area contributed by atoms with Gasteiger partial charge in [0, 0.05) is 30.8 Å². The molecule has 1 aliphatic heterocycles. The average molecular weight is 295 g/mol. The number of rotatable bonds is 6. The first kappa shape index (κ1) is 15.0. The third-order valence-corrected chi connectivity index (χ3v) is 4.67. The van der Waals surface area contributed by atoms with Crippen LogP contribution < -0.4 is 0 Å². The van der Waals surface area contributed by atoms with Crippen LogP contribution in [0, 0.1) is 5.92 Å². The maximum absolute atomic E-state index is 12.1. The maximum atomic E-state index is 12.1. The molecule has 1 N–H and O–H groups in total. The highest BCUT2D eigenvalue weighted by atomic mass is 32.1. The molecule has 20 heavy (non-hydrogen) atoms. The second kappa shape index (κ2) is 7.43. The number of carbonyl (C=O) groups is 2. The highest BCUT2D eigenvalue weighted by molar-refractivity contribution is 7.09. The van der Waals surface area contributed by atoms with Crippen molar-refractivity contribution >= 4 is 23.2 Å². The van der Waals surface area contributed by atoms with Gasteiger partial charge in [0.2, 0.25) is 5.91 Å². The Morgan fingerprint density at radius 3 is 3.00 bits per heavy atom. The van der Waals surface area contributed by atoms with Crippen molar-refractivity contribution in [1.29, 1.82) is 0 Å². The standard InChI is InChI=1S/C15H21NO3S/c17-14(7-1-5-13-6-3-9-20-13)16-8-2-4-12(11-16)10-15(18)19/h3,6,9,12H,1-2,4-5,7-8,10-11H2,(H,18,19). The summed E-state index contributed by atoms with van der Waals surface area (Å²) in [6, 6.07) is 4.13. The van der Waals surface area contributed by atoms with Crippen LogP contribution in [0.2, 0.25) is 0 Å². The van der Waals surface area contributed by atoms with Crippen molar-refractivity contribution in [2.24, 2.45) is 5.92 Å². The number of carboxylic acid groups (broad SMARTS) is 1. The molecular formula is C15H21NO3S. The van der Waals surface area contributed by atoms with Crippen molar-refractivity contribution in [2.75, 3.05) is 13.1 Å². The predicted octanol–water partition coefficient (Wildman–Crippen LogP) is 2.78. The topological polar surface area (TPSA) is 57.6 Å². The van der Waals surface area contributed by atoms with Gasteiger partial charge in [0.05, 0.1) is 0 Å². The lowest BCUT2D eigenvalue weighted by molar-refractivity contribution is -0.140. The molecule has 1 atom stereocenters. The fraction of sp³-hybridized carbons (Fsp3) is 0.600. The molecule has 1 aliphatic rings. The third-order valence-electron chi connectivity index (χ3n) is 3.73. The number of carboxylic acids is 1. The fourth-order valence-corrected chi connectivity index (χ4v) is 3.48. The first-order valence-corrected chi connectivity index (χ1v) is 8.05. The molecule has 1 aromatic heterocycles. The Labute approximate surface area is 123 Å². The van der Waals surface area contributed by atoms with Gasteiger partial charge < -0.3 is 10.0 Å². The van der Waals surface area contributed by atoms with E-state index in [1.165, 1.54) is 4.88 Å². The van der Waals surface area contributed by atoms with Crippen LogP contribution in [0.3, 0.4) is 0 Å². The van der Waals surface area contributed by atoms with Gasteiger partial charge in [-0.2, -0.15) is 0 Å². The molecule has 1 unspecified atom stereocenters. The van der Waals surface area contributed by atoms with Gasteiger partial charge in [-0.05, 0) is 43.0 Å². The number of thiophene rings is 1. The molecular weight excluding hydrogens is 274 g/mol. The Balaban J connectivity index is 1.72. The van der Waals surface area contributed by atoms with Crippen molar-refractivity contribution in [1.82, 2.24) is 4.90 Å². The van der Waals surface area contributed by atoms with Crippen LogP contribution in [0.4, 0.5) is 0 Å². The van der Waals surface area contributed by atoms with Gasteiger partial charge in [0.15, 0.2) is 0 Å². The third kappa shape index (κ3) is 4.63. The number of piperidine rings is 1. The first-order valence-electron chi connectivity index (χ1n) is 7.17. The predicted molar refractivity (Wildman–Crippen MR) is 78.8 cm³/mol. The number of carbonyl (C=O) groups excluding carboxylic acids is 1. The van der Waals surface area contributed by atoms with Crippen LogP contribution in [0.1, 0.15) is 37.0 Å². The molecule has 0 saturated carbocycles. The second-order valence-corrected chi connectivity index (χ2v) is 6.41. The van der Waals surface area contributed by atoms with E-state index < -0.39 is 5.97 Å². The van der Waals surface area contributed by atoms with Crippen molar-refractivity contribution in [3.8, 4) is 0 Å². The summed E-state index contributed by atoms with van der Waals surface area (Å²) >= 11 is 1.73. The maximum Gasteiger partial charge on any atom is 0.303 e. The van der Waals surface area contributed by atoms with Gasteiger partial charge in [0.1, 0.15) is 0 Å². The second-order valence-electron chi connectivity index (χ2n) is 5.38. The van der Waals surface area contributed by atoms with E-state index in [0.29, 0.717) is 13.0 Å². The summed E-state index contributed by atoms with van der Waals surface area (Å²) in [5.74, 6) is -0.457. The first-order chi connectivity index (χ1) is 9.65. The Morgan fingerprint density at radius 1 is 1.45 bits per heavy atom. The molecule has 1 fully saturated rings. The van der Waals surface area contributed by atoms with E-state index in [2.05, 4.69) is 11.4 Å². The summed E-state index contributed by atoms with van der Waals surface area (Å²) in [5, 5.41) is 10.9. The average Bonchev–Trinajstić information content (AvgIpc) is 2.91. The van der Waals surface area contributed by atoms with Gasteiger partial charge in [-0.25, -0.2) is 0 Å². The minimum Gasteiger partial charge on any atom is -0.481 e. The summed E-state index contributed by atoms with van der Waals surface area (Å²) in [7, 11) is 0. The lowest BCUT2D eigenvalue weighted by Gasteiger charge is -2.32. The highest BCUT2D eigenvalue weighted by Crippen LogP contribution is 2.21. The molecule has 1 aromatic rings. The fourth-order valence-electron chi connectivity index (χ4n) is 2.73. The van der Waals surface area contributed by atoms with Crippen molar-refractivity contribution in [3.05, 3.63) is 22.4 Å². The highest BCUT2D eigenvalue weighted by Gasteiger charge is 2.24. The number of nitrogens with zero attached hydrogens (tertiary/aromatic N) is 1. The van der Waals surface area contributed by atoms with Gasteiger partial charge in [-0.1, -0.05) is 6.07 Å². The van der Waals surface area contributed by atoms with Crippen molar-refractivity contribution in [3.63, 3.8) is 0 Å². The zero-order valence-corrected chi connectivity index (χ0v) is 12.4. The zero-order chi connectivity index (χ0) is 14.4. The largest absolute Gasteiger partial charge is 0.481 e.